The molecule has 0 saturated carbocycles. The van der Waals surface area contributed by atoms with Gasteiger partial charge in [0, 0.05) is 37.9 Å². The summed E-state index contributed by atoms with van der Waals surface area (Å²) in [4.78, 5) is 17.1. The van der Waals surface area contributed by atoms with Crippen LogP contribution >= 0.6 is 0 Å². The van der Waals surface area contributed by atoms with Gasteiger partial charge in [0.05, 0.1) is 24.8 Å². The second kappa shape index (κ2) is 11.1. The molecule has 196 valence electrons. The highest BCUT2D eigenvalue weighted by molar-refractivity contribution is 7.92. The predicted molar refractivity (Wildman–Crippen MR) is 140 cm³/mol. The second-order valence-corrected chi connectivity index (χ2v) is 10.6. The lowest BCUT2D eigenvalue weighted by molar-refractivity contribution is -0.129. The molecule has 3 aromatic carbocycles. The number of anilines is 2. The fraction of sp³-hybridized carbons (Fsp3) is 0.296. The molecule has 0 radical (unpaired) electrons. The Bertz CT molecular complexity index is 1340. The highest BCUT2D eigenvalue weighted by Crippen LogP contribution is 2.32. The minimum atomic E-state index is -4.11. The molecule has 0 aromatic heterocycles. The maximum absolute atomic E-state index is 13.8. The van der Waals surface area contributed by atoms with E-state index in [-0.39, 0.29) is 28.9 Å². The van der Waals surface area contributed by atoms with E-state index in [0.29, 0.717) is 37.6 Å². The number of hydrogen-bond donors (Lipinski definition) is 0. The zero-order chi connectivity index (χ0) is 26.6. The third-order valence-electron chi connectivity index (χ3n) is 6.37. The largest absolute Gasteiger partial charge is 0.493 e. The molecule has 1 aliphatic rings. The Balaban J connectivity index is 1.56. The molecule has 0 spiro atoms. The molecule has 1 amide bonds. The number of carbonyl (C=O) groups is 1. The van der Waals surface area contributed by atoms with E-state index >= 15 is 0 Å². The first kappa shape index (κ1) is 26.3. The van der Waals surface area contributed by atoms with Gasteiger partial charge in [0.1, 0.15) is 12.4 Å². The van der Waals surface area contributed by atoms with E-state index in [1.165, 1.54) is 44.6 Å². The molecule has 1 fully saturated rings. The summed E-state index contributed by atoms with van der Waals surface area (Å²) in [6, 6.07) is 17.6. The Kier molecular flexibility index (Phi) is 7.87. The number of benzene rings is 3. The number of carbonyl (C=O) groups excluding carboxylic acids is 1. The van der Waals surface area contributed by atoms with Gasteiger partial charge in [0.25, 0.3) is 10.0 Å². The van der Waals surface area contributed by atoms with Crippen LogP contribution in [0.1, 0.15) is 5.56 Å². The number of aryl methyl sites for hydroxylation is 1. The third kappa shape index (κ3) is 5.80. The fourth-order valence-electron chi connectivity index (χ4n) is 4.22. The van der Waals surface area contributed by atoms with Crippen LogP contribution in [0, 0.1) is 12.7 Å². The molecule has 1 aliphatic heterocycles. The number of rotatable bonds is 8. The molecule has 1 saturated heterocycles. The highest BCUT2D eigenvalue weighted by atomic mass is 32.2. The monoisotopic (exact) mass is 527 g/mol. The quantitative estimate of drug-likeness (QED) is 0.445. The van der Waals surface area contributed by atoms with Gasteiger partial charge in [-0.25, -0.2) is 12.8 Å². The van der Waals surface area contributed by atoms with Crippen LogP contribution in [0.3, 0.4) is 0 Å². The van der Waals surface area contributed by atoms with Crippen molar-refractivity contribution in [1.82, 2.24) is 4.90 Å². The van der Waals surface area contributed by atoms with Gasteiger partial charge in [-0.3, -0.25) is 9.10 Å². The van der Waals surface area contributed by atoms with Gasteiger partial charge in [-0.1, -0.05) is 17.7 Å². The Morgan fingerprint density at radius 3 is 2.11 bits per heavy atom. The van der Waals surface area contributed by atoms with Crippen molar-refractivity contribution in [3.05, 3.63) is 78.1 Å². The Morgan fingerprint density at radius 2 is 1.51 bits per heavy atom. The van der Waals surface area contributed by atoms with E-state index in [9.17, 15) is 17.6 Å². The number of ether oxygens (including phenoxy) is 2. The summed E-state index contributed by atoms with van der Waals surface area (Å²) in [6.07, 6.45) is 0. The van der Waals surface area contributed by atoms with Crippen molar-refractivity contribution in [2.24, 2.45) is 0 Å². The third-order valence-corrected chi connectivity index (χ3v) is 8.14. The number of amides is 1. The van der Waals surface area contributed by atoms with E-state index < -0.39 is 10.0 Å². The van der Waals surface area contributed by atoms with Gasteiger partial charge in [-0.05, 0) is 55.5 Å². The topological polar surface area (TPSA) is 79.4 Å². The van der Waals surface area contributed by atoms with Crippen molar-refractivity contribution >= 4 is 27.3 Å². The van der Waals surface area contributed by atoms with Gasteiger partial charge in [-0.2, -0.15) is 0 Å². The molecule has 0 bridgehead atoms. The lowest BCUT2D eigenvalue weighted by atomic mass is 10.2. The van der Waals surface area contributed by atoms with Gasteiger partial charge < -0.3 is 19.3 Å². The molecular weight excluding hydrogens is 497 g/mol. The number of methoxy groups -OCH3 is 2. The maximum Gasteiger partial charge on any atom is 0.264 e. The predicted octanol–water partition coefficient (Wildman–Crippen LogP) is 3.70. The summed E-state index contributed by atoms with van der Waals surface area (Å²) in [7, 11) is -1.21. The Labute approximate surface area is 216 Å². The summed E-state index contributed by atoms with van der Waals surface area (Å²) < 4.78 is 52.5. The van der Waals surface area contributed by atoms with Gasteiger partial charge in [0.2, 0.25) is 5.91 Å². The van der Waals surface area contributed by atoms with E-state index in [4.69, 9.17) is 9.47 Å². The minimum Gasteiger partial charge on any atom is -0.493 e. The average molecular weight is 528 g/mol. The van der Waals surface area contributed by atoms with Crippen LogP contribution in [0.15, 0.2) is 71.6 Å². The SMILES string of the molecule is COc1ccc(S(=O)(=O)N(CC(=O)N2CCN(c3ccc(F)cc3)CC2)c2ccc(C)cc2)cc1OC. The Morgan fingerprint density at radius 1 is 0.892 bits per heavy atom. The van der Waals surface area contributed by atoms with Crippen molar-refractivity contribution < 1.29 is 27.1 Å². The maximum atomic E-state index is 13.8. The molecule has 0 atom stereocenters. The molecule has 1 heterocycles. The number of halogens is 1. The van der Waals surface area contributed by atoms with Gasteiger partial charge in [0.15, 0.2) is 11.5 Å². The number of sulfonamides is 1. The molecule has 10 heteroatoms. The van der Waals surface area contributed by atoms with Gasteiger partial charge in [-0.15, -0.1) is 0 Å². The van der Waals surface area contributed by atoms with Crippen molar-refractivity contribution in [3.63, 3.8) is 0 Å². The lowest BCUT2D eigenvalue weighted by Crippen LogP contribution is -2.52. The van der Waals surface area contributed by atoms with Crippen LogP contribution in [0.25, 0.3) is 0 Å². The van der Waals surface area contributed by atoms with Crippen molar-refractivity contribution in [1.29, 1.82) is 0 Å². The van der Waals surface area contributed by atoms with Crippen LogP contribution in [-0.2, 0) is 14.8 Å². The van der Waals surface area contributed by atoms with Crippen LogP contribution in [0.5, 0.6) is 11.5 Å². The van der Waals surface area contributed by atoms with Crippen LogP contribution in [0.4, 0.5) is 15.8 Å². The minimum absolute atomic E-state index is 0.0142. The first-order valence-electron chi connectivity index (χ1n) is 11.8. The van der Waals surface area contributed by atoms with Crippen molar-refractivity contribution in [2.45, 2.75) is 11.8 Å². The standard InChI is InChI=1S/C27H30FN3O5S/c1-20-4-8-23(9-5-20)31(37(33,34)24-12-13-25(35-2)26(18-24)36-3)19-27(32)30-16-14-29(15-17-30)22-10-6-21(28)7-11-22/h4-13,18H,14-17,19H2,1-3H3. The van der Waals surface area contributed by atoms with E-state index in [1.807, 2.05) is 6.92 Å². The zero-order valence-electron chi connectivity index (χ0n) is 21.1. The van der Waals surface area contributed by atoms with Crippen molar-refractivity contribution in [2.75, 3.05) is 56.1 Å². The summed E-state index contributed by atoms with van der Waals surface area (Å²) in [5.74, 6) is 0.0712. The summed E-state index contributed by atoms with van der Waals surface area (Å²) in [5, 5.41) is 0. The second-order valence-electron chi connectivity index (χ2n) is 8.71. The highest BCUT2D eigenvalue weighted by Gasteiger charge is 2.31. The van der Waals surface area contributed by atoms with Crippen LogP contribution in [-0.4, -0.2) is 66.2 Å². The number of nitrogens with zero attached hydrogens (tertiary/aromatic N) is 3. The van der Waals surface area contributed by atoms with Crippen LogP contribution in [0.2, 0.25) is 0 Å². The average Bonchev–Trinajstić information content (AvgIpc) is 2.92. The molecule has 37 heavy (non-hydrogen) atoms. The van der Waals surface area contributed by atoms with Gasteiger partial charge >= 0.3 is 0 Å². The fourth-order valence-corrected chi connectivity index (χ4v) is 5.65. The molecule has 3 aromatic rings. The number of piperazine rings is 1. The summed E-state index contributed by atoms with van der Waals surface area (Å²) in [6.45, 7) is 3.52. The molecule has 0 unspecified atom stereocenters. The first-order valence-corrected chi connectivity index (χ1v) is 13.3. The lowest BCUT2D eigenvalue weighted by Gasteiger charge is -2.37. The normalized spacial score (nSPS) is 13.8. The smallest absolute Gasteiger partial charge is 0.264 e. The summed E-state index contributed by atoms with van der Waals surface area (Å²) in [5.41, 5.74) is 2.24. The van der Waals surface area contributed by atoms with E-state index in [0.717, 1.165) is 15.6 Å². The molecule has 4 rings (SSSR count). The Hall–Kier alpha value is -3.79. The first-order chi connectivity index (χ1) is 17.7. The molecule has 8 nitrogen and oxygen atoms in total. The van der Waals surface area contributed by atoms with Crippen molar-refractivity contribution in [3.8, 4) is 11.5 Å². The molecule has 0 N–H and O–H groups in total. The zero-order valence-corrected chi connectivity index (χ0v) is 21.9. The molecular formula is C27H30FN3O5S. The van der Waals surface area contributed by atoms with E-state index in [1.54, 1.807) is 41.3 Å². The van der Waals surface area contributed by atoms with Crippen LogP contribution < -0.4 is 18.7 Å². The summed E-state index contributed by atoms with van der Waals surface area (Å²) >= 11 is 0. The molecule has 0 aliphatic carbocycles. The van der Waals surface area contributed by atoms with E-state index in [2.05, 4.69) is 4.90 Å². The number of hydrogen-bond acceptors (Lipinski definition) is 6.